The summed E-state index contributed by atoms with van der Waals surface area (Å²) in [6.45, 7) is 10.7. The Hall–Kier alpha value is -2.14. The van der Waals surface area contributed by atoms with Gasteiger partial charge in [-0.05, 0) is 58.4 Å². The molecule has 0 aromatic carbocycles. The van der Waals surface area contributed by atoms with Crippen LogP contribution in [0.3, 0.4) is 0 Å². The fraction of sp³-hybridized carbons (Fsp3) is 0.500. The minimum atomic E-state index is 0.560. The molecule has 0 bridgehead atoms. The lowest BCUT2D eigenvalue weighted by atomic mass is 9.94. The second-order valence-electron chi connectivity index (χ2n) is 7.21. The van der Waals surface area contributed by atoms with E-state index in [-0.39, 0.29) is 0 Å². The first-order valence-electron chi connectivity index (χ1n) is 9.34. The zero-order valence-corrected chi connectivity index (χ0v) is 15.4. The van der Waals surface area contributed by atoms with Crippen LogP contribution in [0.25, 0.3) is 11.0 Å². The van der Waals surface area contributed by atoms with Gasteiger partial charge in [-0.25, -0.2) is 4.98 Å². The van der Waals surface area contributed by atoms with Crippen molar-refractivity contribution in [2.45, 2.75) is 52.6 Å². The fourth-order valence-corrected chi connectivity index (χ4v) is 4.15. The predicted molar refractivity (Wildman–Crippen MR) is 101 cm³/mol. The summed E-state index contributed by atoms with van der Waals surface area (Å²) < 4.78 is 2.12. The lowest BCUT2D eigenvalue weighted by Crippen LogP contribution is -2.34. The van der Waals surface area contributed by atoms with Crippen molar-refractivity contribution in [3.05, 3.63) is 47.0 Å². The first-order chi connectivity index (χ1) is 12.2. The van der Waals surface area contributed by atoms with Gasteiger partial charge in [-0.3, -0.25) is 9.58 Å². The molecule has 1 aliphatic heterocycles. The van der Waals surface area contributed by atoms with Gasteiger partial charge in [0, 0.05) is 54.1 Å². The molecule has 1 unspecified atom stereocenters. The van der Waals surface area contributed by atoms with Gasteiger partial charge in [0.2, 0.25) is 0 Å². The van der Waals surface area contributed by atoms with E-state index in [1.807, 2.05) is 12.3 Å². The molecule has 5 heteroatoms. The number of rotatable bonds is 4. The number of H-pyrrole nitrogens is 1. The van der Waals surface area contributed by atoms with E-state index in [1.54, 1.807) is 0 Å². The van der Waals surface area contributed by atoms with Crippen LogP contribution in [0.1, 0.15) is 48.3 Å². The molecule has 132 valence electrons. The lowest BCUT2D eigenvalue weighted by molar-refractivity contribution is 0.198. The number of pyridine rings is 1. The van der Waals surface area contributed by atoms with Gasteiger partial charge >= 0.3 is 0 Å². The van der Waals surface area contributed by atoms with E-state index in [9.17, 15) is 0 Å². The highest BCUT2D eigenvalue weighted by Crippen LogP contribution is 2.29. The summed E-state index contributed by atoms with van der Waals surface area (Å²) in [5, 5.41) is 5.89. The zero-order valence-electron chi connectivity index (χ0n) is 15.4. The molecule has 1 atom stereocenters. The molecule has 4 heterocycles. The van der Waals surface area contributed by atoms with Crippen molar-refractivity contribution in [3.8, 4) is 0 Å². The summed E-state index contributed by atoms with van der Waals surface area (Å²) in [6.07, 6.45) is 4.34. The average molecular weight is 337 g/mol. The van der Waals surface area contributed by atoms with Crippen LogP contribution in [0.2, 0.25) is 0 Å². The zero-order chi connectivity index (χ0) is 17.4. The summed E-state index contributed by atoms with van der Waals surface area (Å²) in [5.74, 6) is 0.560. The Morgan fingerprint density at radius 3 is 2.96 bits per heavy atom. The lowest BCUT2D eigenvalue weighted by Gasteiger charge is -2.32. The molecule has 1 fully saturated rings. The number of aryl methyl sites for hydroxylation is 2. The number of nitrogens with zero attached hydrogens (tertiary/aromatic N) is 4. The third-order valence-corrected chi connectivity index (χ3v) is 5.57. The first-order valence-corrected chi connectivity index (χ1v) is 9.34. The first kappa shape index (κ1) is 16.3. The molecule has 5 nitrogen and oxygen atoms in total. The normalized spacial score (nSPS) is 18.9. The molecule has 3 aromatic rings. The van der Waals surface area contributed by atoms with Crippen molar-refractivity contribution in [1.82, 2.24) is 24.6 Å². The Kier molecular flexibility index (Phi) is 4.34. The Labute approximate surface area is 149 Å². The van der Waals surface area contributed by atoms with E-state index in [4.69, 9.17) is 0 Å². The Morgan fingerprint density at radius 2 is 2.20 bits per heavy atom. The quantitative estimate of drug-likeness (QED) is 0.788. The molecule has 4 rings (SSSR count). The predicted octanol–water partition coefficient (Wildman–Crippen LogP) is 3.78. The van der Waals surface area contributed by atoms with Gasteiger partial charge in [0.15, 0.2) is 0 Å². The maximum atomic E-state index is 4.68. The molecule has 0 spiro atoms. The van der Waals surface area contributed by atoms with Crippen LogP contribution < -0.4 is 0 Å². The van der Waals surface area contributed by atoms with Crippen LogP contribution >= 0.6 is 0 Å². The minimum Gasteiger partial charge on any atom is -0.343 e. The Balaban J connectivity index is 1.52. The maximum absolute atomic E-state index is 4.68. The summed E-state index contributed by atoms with van der Waals surface area (Å²) in [7, 11) is 0. The van der Waals surface area contributed by atoms with Gasteiger partial charge in [-0.1, -0.05) is 0 Å². The Morgan fingerprint density at radius 1 is 1.32 bits per heavy atom. The van der Waals surface area contributed by atoms with E-state index in [0.717, 1.165) is 25.3 Å². The number of fused-ring (bicyclic) bond motifs is 1. The Bertz CT molecular complexity index is 842. The SMILES string of the molecule is CCn1nc(C)c(CN2CCCC(c3cc4cccnc4[nH]3)C2)c1C. The molecule has 0 radical (unpaired) electrons. The van der Waals surface area contributed by atoms with Gasteiger partial charge in [-0.2, -0.15) is 5.10 Å². The van der Waals surface area contributed by atoms with Gasteiger partial charge in [0.1, 0.15) is 5.65 Å². The standard InChI is InChI=1S/C20H27N5/c1-4-25-15(3)18(14(2)23-25)13-24-10-6-8-17(12-24)19-11-16-7-5-9-21-20(16)22-19/h5,7,9,11,17H,4,6,8,10,12-13H2,1-3H3,(H,21,22). The number of aromatic nitrogens is 4. The van der Waals surface area contributed by atoms with Crippen molar-refractivity contribution >= 4 is 11.0 Å². The smallest absolute Gasteiger partial charge is 0.137 e. The molecule has 1 N–H and O–H groups in total. The second-order valence-corrected chi connectivity index (χ2v) is 7.21. The summed E-state index contributed by atoms with van der Waals surface area (Å²) in [4.78, 5) is 10.6. The highest BCUT2D eigenvalue weighted by atomic mass is 15.3. The number of hydrogen-bond donors (Lipinski definition) is 1. The highest BCUT2D eigenvalue weighted by molar-refractivity contribution is 5.76. The van der Waals surface area contributed by atoms with E-state index in [1.165, 1.54) is 47.4 Å². The van der Waals surface area contributed by atoms with Crippen molar-refractivity contribution in [1.29, 1.82) is 0 Å². The maximum Gasteiger partial charge on any atom is 0.137 e. The molecular weight excluding hydrogens is 310 g/mol. The minimum absolute atomic E-state index is 0.560. The number of piperidine rings is 1. The number of likely N-dealkylation sites (tertiary alicyclic amines) is 1. The molecule has 1 aliphatic rings. The van der Waals surface area contributed by atoms with Crippen LogP contribution in [0.4, 0.5) is 0 Å². The van der Waals surface area contributed by atoms with Crippen LogP contribution in [-0.4, -0.2) is 37.7 Å². The molecule has 0 amide bonds. The molecule has 25 heavy (non-hydrogen) atoms. The van der Waals surface area contributed by atoms with Gasteiger partial charge in [0.25, 0.3) is 0 Å². The second kappa shape index (κ2) is 6.64. The van der Waals surface area contributed by atoms with Crippen LogP contribution in [0, 0.1) is 13.8 Å². The molecule has 3 aromatic heterocycles. The average Bonchev–Trinajstić information content (AvgIpc) is 3.18. The molecule has 0 saturated carbocycles. The van der Waals surface area contributed by atoms with Crippen LogP contribution in [0.15, 0.2) is 24.4 Å². The van der Waals surface area contributed by atoms with E-state index < -0.39 is 0 Å². The monoisotopic (exact) mass is 337 g/mol. The van der Waals surface area contributed by atoms with Gasteiger partial charge < -0.3 is 4.98 Å². The van der Waals surface area contributed by atoms with Gasteiger partial charge in [0.05, 0.1) is 5.69 Å². The third kappa shape index (κ3) is 3.09. The summed E-state index contributed by atoms with van der Waals surface area (Å²) in [5.41, 5.74) is 6.23. The molecular formula is C20H27N5. The topological polar surface area (TPSA) is 49.7 Å². The van der Waals surface area contributed by atoms with E-state index in [2.05, 4.69) is 57.6 Å². The molecule has 0 aliphatic carbocycles. The highest BCUT2D eigenvalue weighted by Gasteiger charge is 2.24. The van der Waals surface area contributed by atoms with Crippen LogP contribution in [-0.2, 0) is 13.1 Å². The largest absolute Gasteiger partial charge is 0.343 e. The number of nitrogens with one attached hydrogen (secondary N) is 1. The number of hydrogen-bond acceptors (Lipinski definition) is 3. The number of aromatic amines is 1. The fourth-order valence-electron chi connectivity index (χ4n) is 4.15. The third-order valence-electron chi connectivity index (χ3n) is 5.57. The van der Waals surface area contributed by atoms with Crippen LogP contribution in [0.5, 0.6) is 0 Å². The van der Waals surface area contributed by atoms with Gasteiger partial charge in [-0.15, -0.1) is 0 Å². The van der Waals surface area contributed by atoms with E-state index in [0.29, 0.717) is 5.92 Å². The van der Waals surface area contributed by atoms with Crippen molar-refractivity contribution in [3.63, 3.8) is 0 Å². The van der Waals surface area contributed by atoms with Crippen molar-refractivity contribution in [2.75, 3.05) is 13.1 Å². The van der Waals surface area contributed by atoms with E-state index >= 15 is 0 Å². The summed E-state index contributed by atoms with van der Waals surface area (Å²) in [6, 6.07) is 6.42. The molecule has 1 saturated heterocycles. The van der Waals surface area contributed by atoms with Crippen molar-refractivity contribution < 1.29 is 0 Å². The summed E-state index contributed by atoms with van der Waals surface area (Å²) >= 11 is 0. The van der Waals surface area contributed by atoms with Crippen molar-refractivity contribution in [2.24, 2.45) is 0 Å².